The SMILES string of the molecule is C#CCSCCNCc1ccnc(C#N)c1. The number of pyridine rings is 1. The number of thioether (sulfide) groups is 1. The molecule has 4 heteroatoms. The lowest BCUT2D eigenvalue weighted by molar-refractivity contribution is 0.731. The number of terminal acetylenes is 1. The average molecular weight is 231 g/mol. The lowest BCUT2D eigenvalue weighted by Crippen LogP contribution is -2.16. The van der Waals surface area contributed by atoms with Crippen molar-refractivity contribution in [3.05, 3.63) is 29.6 Å². The molecular formula is C12H13N3S. The summed E-state index contributed by atoms with van der Waals surface area (Å²) >= 11 is 1.73. The Bertz CT molecular complexity index is 403. The number of rotatable bonds is 6. The van der Waals surface area contributed by atoms with Crippen LogP contribution in [0.4, 0.5) is 0 Å². The van der Waals surface area contributed by atoms with Crippen molar-refractivity contribution in [2.24, 2.45) is 0 Å². The lowest BCUT2D eigenvalue weighted by Gasteiger charge is -2.03. The van der Waals surface area contributed by atoms with Gasteiger partial charge >= 0.3 is 0 Å². The highest BCUT2D eigenvalue weighted by Crippen LogP contribution is 2.01. The van der Waals surface area contributed by atoms with Crippen LogP contribution in [-0.2, 0) is 6.54 Å². The summed E-state index contributed by atoms with van der Waals surface area (Å²) in [5, 5.41) is 12.0. The van der Waals surface area contributed by atoms with Crippen LogP contribution >= 0.6 is 11.8 Å². The summed E-state index contributed by atoms with van der Waals surface area (Å²) in [6.07, 6.45) is 6.79. The van der Waals surface area contributed by atoms with Crippen LogP contribution in [0.25, 0.3) is 0 Å². The molecule has 16 heavy (non-hydrogen) atoms. The minimum absolute atomic E-state index is 0.459. The van der Waals surface area contributed by atoms with Gasteiger partial charge in [0.25, 0.3) is 0 Å². The van der Waals surface area contributed by atoms with E-state index in [9.17, 15) is 0 Å². The third-order valence-corrected chi connectivity index (χ3v) is 2.74. The van der Waals surface area contributed by atoms with Gasteiger partial charge in [0, 0.05) is 25.0 Å². The molecule has 3 nitrogen and oxygen atoms in total. The summed E-state index contributed by atoms with van der Waals surface area (Å²) in [4.78, 5) is 3.91. The van der Waals surface area contributed by atoms with Crippen LogP contribution in [0.2, 0.25) is 0 Å². The smallest absolute Gasteiger partial charge is 0.140 e. The highest BCUT2D eigenvalue weighted by Gasteiger charge is 1.95. The van der Waals surface area contributed by atoms with Gasteiger partial charge < -0.3 is 5.32 Å². The molecular weight excluding hydrogens is 218 g/mol. The molecule has 0 spiro atoms. The average Bonchev–Trinajstić information content (AvgIpc) is 2.34. The molecule has 0 fully saturated rings. The molecule has 1 rings (SSSR count). The Balaban J connectivity index is 2.22. The first-order valence-corrected chi connectivity index (χ1v) is 6.09. The third-order valence-electron chi connectivity index (χ3n) is 1.88. The Kier molecular flexibility index (Phi) is 6.10. The molecule has 0 atom stereocenters. The number of nitrogens with zero attached hydrogens (tertiary/aromatic N) is 2. The Labute approximate surface area is 100 Å². The molecule has 0 aliphatic heterocycles. The summed E-state index contributed by atoms with van der Waals surface area (Å²) in [5.41, 5.74) is 1.54. The van der Waals surface area contributed by atoms with Gasteiger partial charge in [-0.05, 0) is 17.7 Å². The van der Waals surface area contributed by atoms with E-state index in [1.54, 1.807) is 24.0 Å². The van der Waals surface area contributed by atoms with Crippen LogP contribution in [0.15, 0.2) is 18.3 Å². The van der Waals surface area contributed by atoms with Crippen molar-refractivity contribution in [1.29, 1.82) is 5.26 Å². The zero-order valence-corrected chi connectivity index (χ0v) is 9.76. The molecule has 0 aliphatic rings. The lowest BCUT2D eigenvalue weighted by atomic mass is 10.2. The number of hydrogen-bond donors (Lipinski definition) is 1. The van der Waals surface area contributed by atoms with Crippen molar-refractivity contribution >= 4 is 11.8 Å². The zero-order valence-electron chi connectivity index (χ0n) is 8.94. The van der Waals surface area contributed by atoms with Gasteiger partial charge in [0.2, 0.25) is 0 Å². The van der Waals surface area contributed by atoms with E-state index in [2.05, 4.69) is 16.2 Å². The molecule has 0 bridgehead atoms. The minimum atomic E-state index is 0.459. The summed E-state index contributed by atoms with van der Waals surface area (Å²) in [7, 11) is 0. The van der Waals surface area contributed by atoms with Crippen LogP contribution < -0.4 is 5.32 Å². The normalized spacial score (nSPS) is 9.38. The van der Waals surface area contributed by atoms with E-state index in [1.165, 1.54) is 0 Å². The molecule has 1 N–H and O–H groups in total. The standard InChI is InChI=1S/C12H13N3S/c1-2-6-16-7-5-14-10-11-3-4-15-12(8-11)9-13/h1,3-4,8,14H,5-7,10H2. The topological polar surface area (TPSA) is 48.7 Å². The molecule has 0 aliphatic carbocycles. The summed E-state index contributed by atoms with van der Waals surface area (Å²) in [5.74, 6) is 4.34. The molecule has 0 saturated heterocycles. The fourth-order valence-corrected chi connectivity index (χ4v) is 1.70. The summed E-state index contributed by atoms with van der Waals surface area (Å²) in [6, 6.07) is 5.72. The van der Waals surface area contributed by atoms with E-state index < -0.39 is 0 Å². The van der Waals surface area contributed by atoms with Crippen LogP contribution in [0.3, 0.4) is 0 Å². The quantitative estimate of drug-likeness (QED) is 0.594. The Morgan fingerprint density at radius 3 is 3.19 bits per heavy atom. The Morgan fingerprint density at radius 2 is 2.44 bits per heavy atom. The van der Waals surface area contributed by atoms with E-state index in [1.807, 2.05) is 12.1 Å². The second kappa shape index (κ2) is 7.76. The maximum atomic E-state index is 8.68. The molecule has 1 aromatic heterocycles. The fraction of sp³-hybridized carbons (Fsp3) is 0.333. The van der Waals surface area contributed by atoms with Gasteiger partial charge in [0.15, 0.2) is 0 Å². The number of aromatic nitrogens is 1. The predicted molar refractivity (Wildman–Crippen MR) is 66.8 cm³/mol. The van der Waals surface area contributed by atoms with Crippen molar-refractivity contribution in [3.63, 3.8) is 0 Å². The molecule has 0 amide bonds. The van der Waals surface area contributed by atoms with Gasteiger partial charge in [-0.1, -0.05) is 5.92 Å². The molecule has 82 valence electrons. The van der Waals surface area contributed by atoms with Gasteiger partial charge in [0.05, 0.1) is 5.75 Å². The van der Waals surface area contributed by atoms with E-state index in [-0.39, 0.29) is 0 Å². The van der Waals surface area contributed by atoms with Gasteiger partial charge in [-0.25, -0.2) is 4.98 Å². The maximum Gasteiger partial charge on any atom is 0.140 e. The monoisotopic (exact) mass is 231 g/mol. The van der Waals surface area contributed by atoms with E-state index in [0.29, 0.717) is 5.69 Å². The minimum Gasteiger partial charge on any atom is -0.312 e. The van der Waals surface area contributed by atoms with Crippen molar-refractivity contribution in [1.82, 2.24) is 10.3 Å². The molecule has 0 saturated carbocycles. The highest BCUT2D eigenvalue weighted by molar-refractivity contribution is 7.99. The Morgan fingerprint density at radius 1 is 1.56 bits per heavy atom. The first-order valence-electron chi connectivity index (χ1n) is 4.94. The van der Waals surface area contributed by atoms with Crippen molar-refractivity contribution < 1.29 is 0 Å². The highest BCUT2D eigenvalue weighted by atomic mass is 32.2. The van der Waals surface area contributed by atoms with Gasteiger partial charge in [-0.15, -0.1) is 18.2 Å². The maximum absolute atomic E-state index is 8.68. The van der Waals surface area contributed by atoms with Crippen molar-refractivity contribution in [2.45, 2.75) is 6.54 Å². The molecule has 0 unspecified atom stereocenters. The zero-order chi connectivity index (χ0) is 11.6. The first-order chi connectivity index (χ1) is 7.86. The van der Waals surface area contributed by atoms with Crippen LogP contribution in [0.1, 0.15) is 11.3 Å². The fourth-order valence-electron chi connectivity index (χ4n) is 1.15. The number of nitrogens with one attached hydrogen (secondary N) is 1. The molecule has 1 aromatic rings. The van der Waals surface area contributed by atoms with E-state index in [0.717, 1.165) is 30.2 Å². The van der Waals surface area contributed by atoms with E-state index in [4.69, 9.17) is 11.7 Å². The second-order valence-corrected chi connectivity index (χ2v) is 4.20. The van der Waals surface area contributed by atoms with E-state index >= 15 is 0 Å². The van der Waals surface area contributed by atoms with Gasteiger partial charge in [-0.3, -0.25) is 0 Å². The van der Waals surface area contributed by atoms with Gasteiger partial charge in [-0.2, -0.15) is 5.26 Å². The Hall–Kier alpha value is -1.49. The third kappa shape index (κ3) is 4.84. The first kappa shape index (κ1) is 12.6. The van der Waals surface area contributed by atoms with Crippen molar-refractivity contribution in [2.75, 3.05) is 18.1 Å². The second-order valence-electron chi connectivity index (χ2n) is 3.09. The van der Waals surface area contributed by atoms with Crippen LogP contribution in [0.5, 0.6) is 0 Å². The van der Waals surface area contributed by atoms with Crippen LogP contribution in [-0.4, -0.2) is 23.0 Å². The predicted octanol–water partition coefficient (Wildman–Crippen LogP) is 1.41. The molecule has 0 aromatic carbocycles. The van der Waals surface area contributed by atoms with Crippen LogP contribution in [0, 0.1) is 23.7 Å². The molecule has 0 radical (unpaired) electrons. The van der Waals surface area contributed by atoms with Crippen molar-refractivity contribution in [3.8, 4) is 18.4 Å². The molecule has 1 heterocycles. The summed E-state index contributed by atoms with van der Waals surface area (Å²) in [6.45, 7) is 1.67. The number of nitriles is 1. The van der Waals surface area contributed by atoms with Gasteiger partial charge in [0.1, 0.15) is 11.8 Å². The largest absolute Gasteiger partial charge is 0.312 e. The summed E-state index contributed by atoms with van der Waals surface area (Å²) < 4.78 is 0. The number of hydrogen-bond acceptors (Lipinski definition) is 4.